The predicted molar refractivity (Wildman–Crippen MR) is 114 cm³/mol. The van der Waals surface area contributed by atoms with Gasteiger partial charge in [0, 0.05) is 13.1 Å². The maximum absolute atomic E-state index is 13.2. The van der Waals surface area contributed by atoms with Gasteiger partial charge in [-0.15, -0.1) is 0 Å². The summed E-state index contributed by atoms with van der Waals surface area (Å²) < 4.78 is 11.4. The standard InChI is InChI=1S/C22H28N2O4S/c1-14-12-15(2)17(16(3)13-14)18-19(28-21(26)24-6-8-27-9-7-24)22(23-20(18)25)4-10-29-11-5-22/h12-13H,4-11H2,1-3H3,(H,23,25). The van der Waals surface area contributed by atoms with E-state index in [0.717, 1.165) is 46.6 Å². The molecule has 1 N–H and O–H groups in total. The summed E-state index contributed by atoms with van der Waals surface area (Å²) in [4.78, 5) is 27.8. The van der Waals surface area contributed by atoms with Gasteiger partial charge in [-0.2, -0.15) is 11.8 Å². The number of aryl methyl sites for hydroxylation is 3. The lowest BCUT2D eigenvalue weighted by Gasteiger charge is -2.36. The van der Waals surface area contributed by atoms with Crippen molar-refractivity contribution in [3.8, 4) is 0 Å². The van der Waals surface area contributed by atoms with E-state index in [2.05, 4.69) is 17.4 Å². The fourth-order valence-corrected chi connectivity index (χ4v) is 5.79. The third-order valence-electron chi connectivity index (χ3n) is 5.97. The van der Waals surface area contributed by atoms with Crippen LogP contribution in [0, 0.1) is 20.8 Å². The van der Waals surface area contributed by atoms with E-state index in [1.165, 1.54) is 0 Å². The first-order valence-electron chi connectivity index (χ1n) is 10.2. The highest BCUT2D eigenvalue weighted by Crippen LogP contribution is 2.44. The quantitative estimate of drug-likeness (QED) is 0.802. The topological polar surface area (TPSA) is 67.9 Å². The van der Waals surface area contributed by atoms with Gasteiger partial charge in [-0.25, -0.2) is 4.79 Å². The third-order valence-corrected chi connectivity index (χ3v) is 6.96. The molecule has 0 atom stereocenters. The molecule has 1 aromatic carbocycles. The summed E-state index contributed by atoms with van der Waals surface area (Å²) >= 11 is 1.87. The molecule has 0 saturated carbocycles. The number of amides is 2. The van der Waals surface area contributed by atoms with Crippen molar-refractivity contribution in [2.24, 2.45) is 0 Å². The molecular formula is C22H28N2O4S. The van der Waals surface area contributed by atoms with Crippen LogP contribution in [0.1, 0.15) is 35.1 Å². The number of carbonyl (C=O) groups excluding carboxylic acids is 2. The highest BCUT2D eigenvalue weighted by atomic mass is 32.2. The number of carbonyl (C=O) groups is 2. The van der Waals surface area contributed by atoms with Crippen LogP contribution in [-0.4, -0.2) is 60.2 Å². The van der Waals surface area contributed by atoms with E-state index in [9.17, 15) is 9.59 Å². The van der Waals surface area contributed by atoms with Gasteiger partial charge in [0.05, 0.1) is 18.8 Å². The van der Waals surface area contributed by atoms with Crippen molar-refractivity contribution in [3.63, 3.8) is 0 Å². The van der Waals surface area contributed by atoms with Gasteiger partial charge in [0.1, 0.15) is 11.3 Å². The molecular weight excluding hydrogens is 388 g/mol. The summed E-state index contributed by atoms with van der Waals surface area (Å²) in [5.74, 6) is 2.22. The zero-order chi connectivity index (χ0) is 20.6. The van der Waals surface area contributed by atoms with E-state index in [1.807, 2.05) is 32.5 Å². The molecule has 0 aromatic heterocycles. The molecule has 2 saturated heterocycles. The molecule has 0 bridgehead atoms. The largest absolute Gasteiger partial charge is 0.415 e. The van der Waals surface area contributed by atoms with Crippen LogP contribution in [0.5, 0.6) is 0 Å². The Morgan fingerprint density at radius 2 is 1.76 bits per heavy atom. The lowest BCUT2D eigenvalue weighted by molar-refractivity contribution is -0.116. The van der Waals surface area contributed by atoms with Crippen molar-refractivity contribution in [3.05, 3.63) is 40.1 Å². The zero-order valence-electron chi connectivity index (χ0n) is 17.3. The van der Waals surface area contributed by atoms with Crippen molar-refractivity contribution >= 4 is 29.3 Å². The summed E-state index contributed by atoms with van der Waals surface area (Å²) in [5.41, 5.74) is 4.01. The number of nitrogens with one attached hydrogen (secondary N) is 1. The van der Waals surface area contributed by atoms with Gasteiger partial charge in [-0.1, -0.05) is 17.7 Å². The van der Waals surface area contributed by atoms with Crippen LogP contribution in [0.25, 0.3) is 5.57 Å². The number of morpholine rings is 1. The fourth-order valence-electron chi connectivity index (χ4n) is 4.60. The molecule has 0 radical (unpaired) electrons. The first kappa shape index (κ1) is 20.3. The van der Waals surface area contributed by atoms with Crippen LogP contribution in [0.3, 0.4) is 0 Å². The number of rotatable bonds is 2. The highest BCUT2D eigenvalue weighted by molar-refractivity contribution is 7.99. The smallest absolute Gasteiger partial charge is 0.411 e. The average molecular weight is 417 g/mol. The van der Waals surface area contributed by atoms with Crippen molar-refractivity contribution in [1.29, 1.82) is 0 Å². The molecule has 2 amide bonds. The summed E-state index contributed by atoms with van der Waals surface area (Å²) in [6.45, 7) is 8.11. The van der Waals surface area contributed by atoms with Gasteiger partial charge < -0.3 is 19.7 Å². The second-order valence-corrected chi connectivity index (χ2v) is 9.32. The molecule has 156 valence electrons. The minimum absolute atomic E-state index is 0.142. The van der Waals surface area contributed by atoms with Crippen LogP contribution >= 0.6 is 11.8 Å². The minimum Gasteiger partial charge on any atom is -0.411 e. The Hall–Kier alpha value is -1.99. The van der Waals surface area contributed by atoms with Gasteiger partial charge in [0.2, 0.25) is 0 Å². The van der Waals surface area contributed by atoms with E-state index >= 15 is 0 Å². The second-order valence-electron chi connectivity index (χ2n) is 8.09. The molecule has 3 aliphatic rings. The molecule has 1 spiro atoms. The van der Waals surface area contributed by atoms with Crippen LogP contribution in [0.4, 0.5) is 4.79 Å². The molecule has 3 heterocycles. The van der Waals surface area contributed by atoms with Crippen LogP contribution in [0.2, 0.25) is 0 Å². The summed E-state index contributed by atoms with van der Waals surface area (Å²) in [6.07, 6.45) is 1.14. The number of nitrogens with zero attached hydrogens (tertiary/aromatic N) is 1. The normalized spacial score (nSPS) is 21.5. The second kappa shape index (κ2) is 8.03. The number of hydrogen-bond acceptors (Lipinski definition) is 5. The highest BCUT2D eigenvalue weighted by Gasteiger charge is 2.49. The number of benzene rings is 1. The zero-order valence-corrected chi connectivity index (χ0v) is 18.1. The lowest BCUT2D eigenvalue weighted by Crippen LogP contribution is -2.49. The van der Waals surface area contributed by atoms with Crippen molar-refractivity contribution in [2.45, 2.75) is 39.2 Å². The van der Waals surface area contributed by atoms with Crippen molar-refractivity contribution < 1.29 is 19.1 Å². The molecule has 2 fully saturated rings. The molecule has 29 heavy (non-hydrogen) atoms. The molecule has 0 unspecified atom stereocenters. The Labute approximate surface area is 176 Å². The summed E-state index contributed by atoms with van der Waals surface area (Å²) in [7, 11) is 0. The Kier molecular flexibility index (Phi) is 5.62. The van der Waals surface area contributed by atoms with E-state index in [1.54, 1.807) is 4.90 Å². The average Bonchev–Trinajstić information content (AvgIpc) is 2.93. The summed E-state index contributed by atoms with van der Waals surface area (Å²) in [5, 5.41) is 3.20. The number of thioether (sulfide) groups is 1. The first-order valence-corrected chi connectivity index (χ1v) is 11.3. The maximum atomic E-state index is 13.2. The Morgan fingerprint density at radius 3 is 2.38 bits per heavy atom. The number of hydrogen-bond donors (Lipinski definition) is 1. The van der Waals surface area contributed by atoms with Gasteiger partial charge in [-0.3, -0.25) is 4.79 Å². The molecule has 0 aliphatic carbocycles. The fraction of sp³-hybridized carbons (Fsp3) is 0.545. The van der Waals surface area contributed by atoms with Crippen LogP contribution in [0.15, 0.2) is 17.9 Å². The molecule has 3 aliphatic heterocycles. The van der Waals surface area contributed by atoms with Crippen LogP contribution < -0.4 is 5.32 Å². The number of ether oxygens (including phenoxy) is 2. The van der Waals surface area contributed by atoms with E-state index in [4.69, 9.17) is 9.47 Å². The van der Waals surface area contributed by atoms with Crippen LogP contribution in [-0.2, 0) is 14.3 Å². The first-order chi connectivity index (χ1) is 13.9. The molecule has 4 rings (SSSR count). The predicted octanol–water partition coefficient (Wildman–Crippen LogP) is 3.19. The molecule has 1 aromatic rings. The van der Waals surface area contributed by atoms with Gasteiger partial charge in [0.25, 0.3) is 5.91 Å². The summed E-state index contributed by atoms with van der Waals surface area (Å²) in [6, 6.07) is 4.15. The van der Waals surface area contributed by atoms with E-state index in [0.29, 0.717) is 37.6 Å². The van der Waals surface area contributed by atoms with Gasteiger partial charge in [0.15, 0.2) is 0 Å². The third kappa shape index (κ3) is 3.78. The Bertz CT molecular complexity index is 845. The van der Waals surface area contributed by atoms with Gasteiger partial charge >= 0.3 is 6.09 Å². The molecule has 6 nitrogen and oxygen atoms in total. The Morgan fingerprint density at radius 1 is 1.14 bits per heavy atom. The lowest BCUT2D eigenvalue weighted by atomic mass is 9.87. The monoisotopic (exact) mass is 416 g/mol. The molecule has 7 heteroatoms. The van der Waals surface area contributed by atoms with Crippen molar-refractivity contribution in [1.82, 2.24) is 10.2 Å². The minimum atomic E-state index is -0.594. The SMILES string of the molecule is Cc1cc(C)c(C2=C(OC(=O)N3CCOCC3)C3(CCSCC3)NC2=O)c(C)c1. The maximum Gasteiger partial charge on any atom is 0.415 e. The van der Waals surface area contributed by atoms with Gasteiger partial charge in [-0.05, 0) is 61.8 Å². The Balaban J connectivity index is 1.80. The van der Waals surface area contributed by atoms with E-state index in [-0.39, 0.29) is 5.91 Å². The van der Waals surface area contributed by atoms with Crippen molar-refractivity contribution in [2.75, 3.05) is 37.8 Å². The van der Waals surface area contributed by atoms with E-state index < -0.39 is 11.6 Å².